The number of hydrogen-bond donors (Lipinski definition) is 1. The van der Waals surface area contributed by atoms with E-state index in [2.05, 4.69) is 28.9 Å². The third-order valence-corrected chi connectivity index (χ3v) is 5.48. The van der Waals surface area contributed by atoms with Crippen LogP contribution in [0.1, 0.15) is 59.5 Å². The first-order valence-electron chi connectivity index (χ1n) is 9.57. The molecular formula is C22H26N2O2. The van der Waals surface area contributed by atoms with E-state index in [1.807, 2.05) is 31.2 Å². The predicted octanol–water partition coefficient (Wildman–Crippen LogP) is 4.96. The van der Waals surface area contributed by atoms with Crippen molar-refractivity contribution in [1.82, 2.24) is 9.88 Å². The average Bonchev–Trinajstić information content (AvgIpc) is 3.15. The van der Waals surface area contributed by atoms with E-state index >= 15 is 0 Å². The van der Waals surface area contributed by atoms with Crippen LogP contribution in [0.5, 0.6) is 0 Å². The van der Waals surface area contributed by atoms with Gasteiger partial charge < -0.3 is 14.3 Å². The first-order chi connectivity index (χ1) is 12.6. The van der Waals surface area contributed by atoms with Crippen molar-refractivity contribution in [2.75, 3.05) is 0 Å². The summed E-state index contributed by atoms with van der Waals surface area (Å²) in [5.41, 5.74) is 4.90. The molecule has 2 aromatic heterocycles. The largest absolute Gasteiger partial charge is 0.460 e. The number of benzene rings is 1. The molecule has 1 N–H and O–H groups in total. The number of nitrogens with one attached hydrogen (secondary N) is 1. The first kappa shape index (κ1) is 17.0. The molecule has 1 saturated carbocycles. The van der Waals surface area contributed by atoms with E-state index in [1.165, 1.54) is 30.4 Å². The molecule has 0 spiro atoms. The predicted molar refractivity (Wildman–Crippen MR) is 104 cm³/mol. The Bertz CT molecular complexity index is 929. The normalized spacial score (nSPS) is 15.5. The monoisotopic (exact) mass is 350 g/mol. The van der Waals surface area contributed by atoms with Gasteiger partial charge in [-0.3, -0.25) is 4.79 Å². The summed E-state index contributed by atoms with van der Waals surface area (Å²) in [6.07, 6.45) is 5.86. The average molecular weight is 350 g/mol. The Hall–Kier alpha value is -2.49. The molecule has 2 heterocycles. The number of aromatic nitrogens is 1. The van der Waals surface area contributed by atoms with Crippen LogP contribution in [0.25, 0.3) is 11.1 Å². The molecule has 3 aromatic rings. The second kappa shape index (κ2) is 7.02. The molecule has 0 bridgehead atoms. The zero-order chi connectivity index (χ0) is 18.1. The molecule has 1 aromatic carbocycles. The smallest absolute Gasteiger partial charge is 0.268 e. The van der Waals surface area contributed by atoms with Crippen LogP contribution in [-0.2, 0) is 6.54 Å². The van der Waals surface area contributed by atoms with E-state index in [0.29, 0.717) is 18.3 Å². The van der Waals surface area contributed by atoms with E-state index in [4.69, 9.17) is 4.42 Å². The van der Waals surface area contributed by atoms with Crippen molar-refractivity contribution in [3.8, 4) is 0 Å². The molecule has 0 unspecified atom stereocenters. The molecule has 26 heavy (non-hydrogen) atoms. The van der Waals surface area contributed by atoms with Gasteiger partial charge in [-0.15, -0.1) is 0 Å². The van der Waals surface area contributed by atoms with Gasteiger partial charge in [-0.25, -0.2) is 0 Å². The quantitative estimate of drug-likeness (QED) is 0.723. The third kappa shape index (κ3) is 3.28. The third-order valence-electron chi connectivity index (χ3n) is 5.48. The number of fused-ring (bicyclic) bond motifs is 1. The topological polar surface area (TPSA) is 47.2 Å². The van der Waals surface area contributed by atoms with Crippen LogP contribution in [0.3, 0.4) is 0 Å². The van der Waals surface area contributed by atoms with Crippen LogP contribution >= 0.6 is 0 Å². The summed E-state index contributed by atoms with van der Waals surface area (Å²) in [5.74, 6) is 0.877. The number of nitrogens with zero attached hydrogens (tertiary/aromatic N) is 1. The summed E-state index contributed by atoms with van der Waals surface area (Å²) in [4.78, 5) is 13.0. The second-order valence-electron chi connectivity index (χ2n) is 7.46. The van der Waals surface area contributed by atoms with Crippen LogP contribution in [0.4, 0.5) is 0 Å². The highest BCUT2D eigenvalue weighted by Crippen LogP contribution is 2.26. The minimum absolute atomic E-state index is 0.00883. The summed E-state index contributed by atoms with van der Waals surface area (Å²) >= 11 is 0. The van der Waals surface area contributed by atoms with Crippen molar-refractivity contribution in [2.24, 2.45) is 0 Å². The van der Waals surface area contributed by atoms with E-state index in [9.17, 15) is 4.79 Å². The van der Waals surface area contributed by atoms with E-state index in [1.54, 1.807) is 0 Å². The number of hydrogen-bond acceptors (Lipinski definition) is 2. The van der Waals surface area contributed by atoms with E-state index in [0.717, 1.165) is 29.7 Å². The minimum Gasteiger partial charge on any atom is -0.460 e. The van der Waals surface area contributed by atoms with Crippen molar-refractivity contribution >= 4 is 17.0 Å². The number of furan rings is 1. The van der Waals surface area contributed by atoms with E-state index in [-0.39, 0.29) is 5.91 Å². The molecule has 0 aliphatic heterocycles. The Morgan fingerprint density at radius 1 is 1.15 bits per heavy atom. The zero-order valence-corrected chi connectivity index (χ0v) is 15.5. The fraction of sp³-hybridized carbons (Fsp3) is 0.409. The molecule has 1 aliphatic rings. The lowest BCUT2D eigenvalue weighted by Gasteiger charge is -2.23. The van der Waals surface area contributed by atoms with Gasteiger partial charge in [0.2, 0.25) is 0 Å². The van der Waals surface area contributed by atoms with Crippen LogP contribution in [0.15, 0.2) is 40.8 Å². The second-order valence-corrected chi connectivity index (χ2v) is 7.46. The number of rotatable bonds is 4. The summed E-state index contributed by atoms with van der Waals surface area (Å²) in [6.45, 7) is 4.72. The number of amides is 1. The molecule has 1 aliphatic carbocycles. The molecular weight excluding hydrogens is 324 g/mol. The van der Waals surface area contributed by atoms with Gasteiger partial charge in [-0.05, 0) is 37.8 Å². The minimum atomic E-state index is 0.00883. The van der Waals surface area contributed by atoms with Crippen molar-refractivity contribution in [1.29, 1.82) is 0 Å². The zero-order valence-electron chi connectivity index (χ0n) is 15.5. The molecule has 136 valence electrons. The summed E-state index contributed by atoms with van der Waals surface area (Å²) in [5, 5.41) is 3.24. The molecule has 0 atom stereocenters. The SMILES string of the molecule is Cc1cc2c(cc(C(=O)NC3CCCCC3)n2Cc2ccccc2C)o1. The maximum absolute atomic E-state index is 13.0. The lowest BCUT2D eigenvalue weighted by atomic mass is 9.95. The van der Waals surface area contributed by atoms with Crippen LogP contribution in [0.2, 0.25) is 0 Å². The van der Waals surface area contributed by atoms with Crippen molar-refractivity contribution < 1.29 is 9.21 Å². The molecule has 4 nitrogen and oxygen atoms in total. The lowest BCUT2D eigenvalue weighted by Crippen LogP contribution is -2.37. The maximum Gasteiger partial charge on any atom is 0.268 e. The maximum atomic E-state index is 13.0. The van der Waals surface area contributed by atoms with Crippen LogP contribution < -0.4 is 5.32 Å². The summed E-state index contributed by atoms with van der Waals surface area (Å²) < 4.78 is 7.89. The van der Waals surface area contributed by atoms with Gasteiger partial charge in [-0.1, -0.05) is 43.5 Å². The lowest BCUT2D eigenvalue weighted by molar-refractivity contribution is 0.0919. The van der Waals surface area contributed by atoms with Gasteiger partial charge in [-0.2, -0.15) is 0 Å². The Balaban J connectivity index is 1.68. The van der Waals surface area contributed by atoms with Crippen molar-refractivity contribution in [3.05, 3.63) is 59.0 Å². The van der Waals surface area contributed by atoms with E-state index < -0.39 is 0 Å². The fourth-order valence-electron chi connectivity index (χ4n) is 3.99. The molecule has 4 heteroatoms. The standard InChI is InChI=1S/C22H26N2O2/c1-15-8-6-7-9-17(15)14-24-19-12-16(2)26-21(19)13-20(24)22(25)23-18-10-4-3-5-11-18/h6-9,12-13,18H,3-5,10-11,14H2,1-2H3,(H,23,25). The van der Waals surface area contributed by atoms with Gasteiger partial charge in [0.05, 0.1) is 5.52 Å². The highest BCUT2D eigenvalue weighted by Gasteiger charge is 2.22. The summed E-state index contributed by atoms with van der Waals surface area (Å²) in [6, 6.07) is 12.5. The Morgan fingerprint density at radius 2 is 1.92 bits per heavy atom. The van der Waals surface area contributed by atoms with Gasteiger partial charge in [0.1, 0.15) is 11.5 Å². The highest BCUT2D eigenvalue weighted by atomic mass is 16.3. The molecule has 4 rings (SSSR count). The summed E-state index contributed by atoms with van der Waals surface area (Å²) in [7, 11) is 0. The molecule has 1 fully saturated rings. The Morgan fingerprint density at radius 3 is 2.69 bits per heavy atom. The molecule has 0 saturated heterocycles. The van der Waals surface area contributed by atoms with Crippen molar-refractivity contribution in [3.63, 3.8) is 0 Å². The van der Waals surface area contributed by atoms with Crippen molar-refractivity contribution in [2.45, 2.75) is 58.5 Å². The van der Waals surface area contributed by atoms with Gasteiger partial charge in [0.25, 0.3) is 5.91 Å². The highest BCUT2D eigenvalue weighted by molar-refractivity contribution is 5.97. The van der Waals surface area contributed by atoms with Gasteiger partial charge in [0.15, 0.2) is 5.58 Å². The molecule has 0 radical (unpaired) electrons. The van der Waals surface area contributed by atoms with Crippen LogP contribution in [0, 0.1) is 13.8 Å². The van der Waals surface area contributed by atoms with Gasteiger partial charge >= 0.3 is 0 Å². The number of aryl methyl sites for hydroxylation is 2. The molecule has 1 amide bonds. The number of carbonyl (C=O) groups excluding carboxylic acids is 1. The fourth-order valence-corrected chi connectivity index (χ4v) is 3.99. The van der Waals surface area contributed by atoms with Crippen LogP contribution in [-0.4, -0.2) is 16.5 Å². The van der Waals surface area contributed by atoms with Gasteiger partial charge in [0, 0.05) is 24.7 Å². The number of carbonyl (C=O) groups is 1. The Kier molecular flexibility index (Phi) is 4.58. The first-order valence-corrected chi connectivity index (χ1v) is 9.57. The Labute approximate surface area is 154 Å².